The smallest absolute Gasteiger partial charge is 0.223 e. The fraction of sp³-hybridized carbons (Fsp3) is 0.364. The predicted octanol–water partition coefficient (Wildman–Crippen LogP) is 3.90. The molecular weight excluding hydrogens is 388 g/mol. The summed E-state index contributed by atoms with van der Waals surface area (Å²) >= 11 is 6.05. The van der Waals surface area contributed by atoms with Crippen LogP contribution in [0, 0.1) is 0 Å². The number of likely N-dealkylation sites (tertiary alicyclic amines) is 1. The summed E-state index contributed by atoms with van der Waals surface area (Å²) in [4.78, 5) is 22.3. The number of methoxy groups -OCH3 is 1. The van der Waals surface area contributed by atoms with Crippen LogP contribution in [-0.2, 0) is 17.9 Å². The third-order valence-electron chi connectivity index (χ3n) is 5.38. The first-order valence-electron chi connectivity index (χ1n) is 9.89. The van der Waals surface area contributed by atoms with Crippen molar-refractivity contribution in [2.75, 3.05) is 13.7 Å². The van der Waals surface area contributed by atoms with E-state index in [1.165, 1.54) is 5.56 Å². The van der Waals surface area contributed by atoms with Crippen LogP contribution in [0.3, 0.4) is 0 Å². The van der Waals surface area contributed by atoms with Gasteiger partial charge >= 0.3 is 0 Å². The lowest BCUT2D eigenvalue weighted by atomic mass is 10.1. The number of hydrogen-bond donors (Lipinski definition) is 2. The molecule has 0 spiro atoms. The Kier molecular flexibility index (Phi) is 6.02. The lowest BCUT2D eigenvalue weighted by molar-refractivity contribution is -0.129. The monoisotopic (exact) mass is 412 g/mol. The lowest BCUT2D eigenvalue weighted by Crippen LogP contribution is -2.35. The zero-order valence-electron chi connectivity index (χ0n) is 16.5. The van der Waals surface area contributed by atoms with Crippen molar-refractivity contribution in [2.24, 2.45) is 0 Å². The number of H-pyrrole nitrogens is 1. The van der Waals surface area contributed by atoms with Gasteiger partial charge < -0.3 is 19.9 Å². The van der Waals surface area contributed by atoms with Crippen LogP contribution < -0.4 is 10.1 Å². The first-order valence-corrected chi connectivity index (χ1v) is 10.3. The molecule has 1 unspecified atom stereocenters. The topological polar surface area (TPSA) is 70.2 Å². The van der Waals surface area contributed by atoms with Crippen LogP contribution in [-0.4, -0.2) is 40.5 Å². The molecule has 0 radical (unpaired) electrons. The number of halogens is 1. The van der Waals surface area contributed by atoms with Gasteiger partial charge in [0.15, 0.2) is 0 Å². The summed E-state index contributed by atoms with van der Waals surface area (Å²) in [6, 6.07) is 13.9. The van der Waals surface area contributed by atoms with Gasteiger partial charge in [0.2, 0.25) is 5.91 Å². The molecular formula is C22H25ClN4O2. The quantitative estimate of drug-likeness (QED) is 0.550. The summed E-state index contributed by atoms with van der Waals surface area (Å²) in [7, 11) is 1.68. The number of amides is 1. The Bertz CT molecular complexity index is 1000. The molecule has 152 valence electrons. The molecule has 7 heteroatoms. The standard InChI is InChI=1S/C22H25ClN4O2/c1-29-18-4-2-3-15(11-18)13-24-10-9-17-6-8-22(28)27(17)14-21-25-19-7-5-16(23)12-20(19)26-21/h2-5,7,11-12,17,24H,6,8-10,13-14H2,1H3,(H,25,26). The van der Waals surface area contributed by atoms with Crippen molar-refractivity contribution >= 4 is 28.5 Å². The van der Waals surface area contributed by atoms with Gasteiger partial charge in [-0.2, -0.15) is 0 Å². The lowest BCUT2D eigenvalue weighted by Gasteiger charge is -2.24. The van der Waals surface area contributed by atoms with Crippen LogP contribution in [0.15, 0.2) is 42.5 Å². The van der Waals surface area contributed by atoms with Crippen LogP contribution in [0.25, 0.3) is 11.0 Å². The third kappa shape index (κ3) is 4.71. The average molecular weight is 413 g/mol. The molecule has 1 aliphatic rings. The minimum atomic E-state index is 0.196. The maximum absolute atomic E-state index is 12.4. The Hall–Kier alpha value is -2.57. The van der Waals surface area contributed by atoms with E-state index in [4.69, 9.17) is 16.3 Å². The summed E-state index contributed by atoms with van der Waals surface area (Å²) in [5.41, 5.74) is 2.95. The van der Waals surface area contributed by atoms with Crippen molar-refractivity contribution in [1.82, 2.24) is 20.2 Å². The van der Waals surface area contributed by atoms with Gasteiger partial charge in [0.1, 0.15) is 11.6 Å². The Morgan fingerprint density at radius 2 is 2.21 bits per heavy atom. The second-order valence-electron chi connectivity index (χ2n) is 7.38. The van der Waals surface area contributed by atoms with Crippen molar-refractivity contribution in [3.8, 4) is 5.75 Å². The number of nitrogens with one attached hydrogen (secondary N) is 2. The minimum Gasteiger partial charge on any atom is -0.497 e. The van der Waals surface area contributed by atoms with E-state index in [0.29, 0.717) is 18.0 Å². The molecule has 1 aliphatic heterocycles. The van der Waals surface area contributed by atoms with Crippen molar-refractivity contribution in [3.05, 3.63) is 58.9 Å². The highest BCUT2D eigenvalue weighted by atomic mass is 35.5. The molecule has 29 heavy (non-hydrogen) atoms. The number of fused-ring (bicyclic) bond motifs is 1. The van der Waals surface area contributed by atoms with Crippen LogP contribution in [0.5, 0.6) is 5.75 Å². The zero-order valence-corrected chi connectivity index (χ0v) is 17.2. The number of carbonyl (C=O) groups is 1. The maximum atomic E-state index is 12.4. The summed E-state index contributed by atoms with van der Waals surface area (Å²) < 4.78 is 5.27. The van der Waals surface area contributed by atoms with E-state index in [1.807, 2.05) is 41.3 Å². The molecule has 0 aliphatic carbocycles. The minimum absolute atomic E-state index is 0.196. The highest BCUT2D eigenvalue weighted by Crippen LogP contribution is 2.24. The number of benzene rings is 2. The van der Waals surface area contributed by atoms with E-state index in [1.54, 1.807) is 7.11 Å². The molecule has 4 rings (SSSR count). The number of hydrogen-bond acceptors (Lipinski definition) is 4. The highest BCUT2D eigenvalue weighted by Gasteiger charge is 2.31. The SMILES string of the molecule is COc1cccc(CNCCC2CCC(=O)N2Cc2nc3ccc(Cl)cc3[nH]2)c1. The van der Waals surface area contributed by atoms with Crippen LogP contribution in [0.2, 0.25) is 5.02 Å². The van der Waals surface area contributed by atoms with Crippen molar-refractivity contribution < 1.29 is 9.53 Å². The van der Waals surface area contributed by atoms with Gasteiger partial charge in [0.05, 0.1) is 24.7 Å². The molecule has 6 nitrogen and oxygen atoms in total. The highest BCUT2D eigenvalue weighted by molar-refractivity contribution is 6.31. The summed E-state index contributed by atoms with van der Waals surface area (Å²) in [6.45, 7) is 2.13. The molecule has 2 heterocycles. The van der Waals surface area contributed by atoms with Crippen LogP contribution >= 0.6 is 11.6 Å². The molecule has 0 saturated carbocycles. The summed E-state index contributed by atoms with van der Waals surface area (Å²) in [6.07, 6.45) is 2.42. The van der Waals surface area contributed by atoms with Crippen molar-refractivity contribution in [3.63, 3.8) is 0 Å². The molecule has 1 amide bonds. The van der Waals surface area contributed by atoms with Gasteiger partial charge in [-0.3, -0.25) is 4.79 Å². The predicted molar refractivity (Wildman–Crippen MR) is 114 cm³/mol. The van der Waals surface area contributed by atoms with Gasteiger partial charge in [-0.25, -0.2) is 4.98 Å². The fourth-order valence-corrected chi connectivity index (χ4v) is 4.04. The van der Waals surface area contributed by atoms with E-state index < -0.39 is 0 Å². The van der Waals surface area contributed by atoms with Gasteiger partial charge in [0.25, 0.3) is 0 Å². The van der Waals surface area contributed by atoms with Crippen LogP contribution in [0.4, 0.5) is 0 Å². The molecule has 0 bridgehead atoms. The second kappa shape index (κ2) is 8.84. The van der Waals surface area contributed by atoms with Crippen molar-refractivity contribution in [1.29, 1.82) is 0 Å². The van der Waals surface area contributed by atoms with Gasteiger partial charge in [-0.1, -0.05) is 23.7 Å². The third-order valence-corrected chi connectivity index (χ3v) is 5.62. The Labute approximate surface area is 175 Å². The number of ether oxygens (including phenoxy) is 1. The van der Waals surface area contributed by atoms with E-state index >= 15 is 0 Å². The maximum Gasteiger partial charge on any atom is 0.223 e. The van der Waals surface area contributed by atoms with E-state index in [9.17, 15) is 4.79 Å². The average Bonchev–Trinajstić information content (AvgIpc) is 3.28. The first kappa shape index (κ1) is 19.7. The number of carbonyl (C=O) groups excluding carboxylic acids is 1. The van der Waals surface area contributed by atoms with E-state index in [-0.39, 0.29) is 11.9 Å². The van der Waals surface area contributed by atoms with E-state index in [2.05, 4.69) is 21.4 Å². The number of aromatic amines is 1. The molecule has 1 saturated heterocycles. The van der Waals surface area contributed by atoms with Crippen LogP contribution in [0.1, 0.15) is 30.7 Å². The normalized spacial score (nSPS) is 16.7. The first-order chi connectivity index (χ1) is 14.1. The largest absolute Gasteiger partial charge is 0.497 e. The van der Waals surface area contributed by atoms with Gasteiger partial charge in [0, 0.05) is 24.0 Å². The number of imidazole rings is 1. The molecule has 2 aromatic carbocycles. The Morgan fingerprint density at radius 3 is 3.07 bits per heavy atom. The van der Waals surface area contributed by atoms with E-state index in [0.717, 1.165) is 48.5 Å². The fourth-order valence-electron chi connectivity index (χ4n) is 3.87. The molecule has 2 N–H and O–H groups in total. The number of nitrogens with zero attached hydrogens (tertiary/aromatic N) is 2. The molecule has 3 aromatic rings. The number of rotatable bonds is 8. The molecule has 1 fully saturated rings. The zero-order chi connectivity index (χ0) is 20.2. The Balaban J connectivity index is 1.32. The molecule has 1 aromatic heterocycles. The summed E-state index contributed by atoms with van der Waals surface area (Å²) in [5.74, 6) is 1.86. The second-order valence-corrected chi connectivity index (χ2v) is 7.81. The molecule has 1 atom stereocenters. The van der Waals surface area contributed by atoms with Crippen molar-refractivity contribution in [2.45, 2.75) is 38.4 Å². The van der Waals surface area contributed by atoms with Gasteiger partial charge in [-0.15, -0.1) is 0 Å². The van der Waals surface area contributed by atoms with Gasteiger partial charge in [-0.05, 0) is 55.3 Å². The summed E-state index contributed by atoms with van der Waals surface area (Å²) in [5, 5.41) is 4.15. The Morgan fingerprint density at radius 1 is 1.31 bits per heavy atom. The number of aromatic nitrogens is 2.